The summed E-state index contributed by atoms with van der Waals surface area (Å²) >= 11 is 1.55. The van der Waals surface area contributed by atoms with Gasteiger partial charge in [-0.3, -0.25) is 0 Å². The Kier molecular flexibility index (Phi) is 10.8. The van der Waals surface area contributed by atoms with E-state index in [2.05, 4.69) is 45.4 Å². The van der Waals surface area contributed by atoms with Gasteiger partial charge in [0.1, 0.15) is 11.4 Å². The minimum Gasteiger partial charge on any atom is -0.383 e. The van der Waals surface area contributed by atoms with Gasteiger partial charge in [0.2, 0.25) is 0 Å². The van der Waals surface area contributed by atoms with Crippen LogP contribution >= 0.6 is 35.3 Å². The molecule has 0 aliphatic rings. The summed E-state index contributed by atoms with van der Waals surface area (Å²) < 4.78 is 0. The van der Waals surface area contributed by atoms with Crippen molar-refractivity contribution < 1.29 is 5.11 Å². The number of halogens is 1. The summed E-state index contributed by atoms with van der Waals surface area (Å²) in [4.78, 5) is 12.3. The maximum Gasteiger partial charge on any atom is 0.191 e. The number of aliphatic imine (C=N–C) groups is 1. The second-order valence-electron chi connectivity index (χ2n) is 6.50. The van der Waals surface area contributed by atoms with Gasteiger partial charge >= 0.3 is 0 Å². The highest BCUT2D eigenvalue weighted by Gasteiger charge is 2.24. The number of thiophene rings is 1. The minimum atomic E-state index is -0.933. The smallest absolute Gasteiger partial charge is 0.191 e. The van der Waals surface area contributed by atoms with Gasteiger partial charge < -0.3 is 20.6 Å². The van der Waals surface area contributed by atoms with Crippen molar-refractivity contribution in [1.82, 2.24) is 15.6 Å². The van der Waals surface area contributed by atoms with E-state index in [1.807, 2.05) is 43.6 Å². The van der Waals surface area contributed by atoms with E-state index in [0.717, 1.165) is 35.9 Å². The van der Waals surface area contributed by atoms with Crippen molar-refractivity contribution in [2.75, 3.05) is 31.1 Å². The van der Waals surface area contributed by atoms with E-state index in [1.54, 1.807) is 11.3 Å². The van der Waals surface area contributed by atoms with Crippen LogP contribution in [0.4, 0.5) is 5.82 Å². The van der Waals surface area contributed by atoms with Gasteiger partial charge in [0, 0.05) is 30.7 Å². The van der Waals surface area contributed by atoms with Gasteiger partial charge in [-0.1, -0.05) is 12.1 Å². The highest BCUT2D eigenvalue weighted by molar-refractivity contribution is 14.0. The first-order valence-electron chi connectivity index (χ1n) is 9.48. The van der Waals surface area contributed by atoms with Crippen LogP contribution in [-0.2, 0) is 12.1 Å². The van der Waals surface area contributed by atoms with Crippen molar-refractivity contribution in [3.8, 4) is 0 Å². The lowest BCUT2D eigenvalue weighted by Gasteiger charge is -2.23. The van der Waals surface area contributed by atoms with Crippen LogP contribution in [0, 0.1) is 0 Å². The molecule has 0 amide bonds. The summed E-state index contributed by atoms with van der Waals surface area (Å²) in [6.45, 7) is 11.7. The fourth-order valence-electron chi connectivity index (χ4n) is 2.68. The molecule has 0 spiro atoms. The van der Waals surface area contributed by atoms with Crippen LogP contribution in [-0.4, -0.2) is 42.2 Å². The summed E-state index contributed by atoms with van der Waals surface area (Å²) in [7, 11) is 0. The zero-order chi connectivity index (χ0) is 19.7. The van der Waals surface area contributed by atoms with E-state index in [9.17, 15) is 5.11 Å². The molecule has 1 atom stereocenters. The third kappa shape index (κ3) is 7.21. The number of pyridine rings is 1. The second kappa shape index (κ2) is 12.2. The van der Waals surface area contributed by atoms with Crippen LogP contribution in [0.2, 0.25) is 0 Å². The van der Waals surface area contributed by atoms with Crippen LogP contribution in [0.3, 0.4) is 0 Å². The molecule has 3 N–H and O–H groups in total. The first kappa shape index (κ1) is 24.6. The zero-order valence-electron chi connectivity index (χ0n) is 17.1. The van der Waals surface area contributed by atoms with Crippen LogP contribution < -0.4 is 15.5 Å². The molecule has 28 heavy (non-hydrogen) atoms. The summed E-state index contributed by atoms with van der Waals surface area (Å²) in [5.41, 5.74) is 0.116. The topological polar surface area (TPSA) is 72.8 Å². The molecule has 0 bridgehead atoms. The number of hydrogen-bond donors (Lipinski definition) is 3. The summed E-state index contributed by atoms with van der Waals surface area (Å²) in [5.74, 6) is 1.67. The van der Waals surface area contributed by atoms with E-state index < -0.39 is 5.60 Å². The molecule has 2 aromatic heterocycles. The Balaban J connectivity index is 0.00000392. The van der Waals surface area contributed by atoms with Crippen LogP contribution in [0.15, 0.2) is 40.8 Å². The predicted octanol–water partition coefficient (Wildman–Crippen LogP) is 3.57. The fraction of sp³-hybridized carbons (Fsp3) is 0.500. The van der Waals surface area contributed by atoms with Gasteiger partial charge in [0.25, 0.3) is 0 Å². The molecule has 1 unspecified atom stereocenters. The molecule has 2 aromatic rings. The number of aliphatic hydroxyl groups is 1. The lowest BCUT2D eigenvalue weighted by molar-refractivity contribution is 0.0655. The summed E-state index contributed by atoms with van der Waals surface area (Å²) in [6.07, 6.45) is 1.88. The highest BCUT2D eigenvalue weighted by atomic mass is 127. The first-order valence-corrected chi connectivity index (χ1v) is 10.4. The van der Waals surface area contributed by atoms with Gasteiger partial charge in [-0.2, -0.15) is 0 Å². The van der Waals surface area contributed by atoms with Crippen molar-refractivity contribution in [2.45, 2.75) is 39.8 Å². The van der Waals surface area contributed by atoms with E-state index in [4.69, 9.17) is 0 Å². The maximum absolute atomic E-state index is 10.7. The minimum absolute atomic E-state index is 0. The molecule has 156 valence electrons. The standard InChI is InChI=1S/C20H31N5OS.HI/c1-5-21-19(24-15-20(4,26)17-9-8-12-27-17)23-14-16-10-11-18(22-13-16)25(6-2)7-3;/h8-13,26H,5-7,14-15H2,1-4H3,(H2,21,23,24);1H. The second-order valence-corrected chi connectivity index (χ2v) is 7.44. The molecular weight excluding hydrogens is 485 g/mol. The predicted molar refractivity (Wildman–Crippen MR) is 130 cm³/mol. The lowest BCUT2D eigenvalue weighted by atomic mass is 10.1. The van der Waals surface area contributed by atoms with Crippen LogP contribution in [0.5, 0.6) is 0 Å². The number of anilines is 1. The van der Waals surface area contributed by atoms with Gasteiger partial charge in [-0.25, -0.2) is 9.98 Å². The monoisotopic (exact) mass is 517 g/mol. The molecule has 2 rings (SSSR count). The van der Waals surface area contributed by atoms with Gasteiger partial charge in [0.15, 0.2) is 5.96 Å². The Bertz CT molecular complexity index is 700. The van der Waals surface area contributed by atoms with Crippen molar-refractivity contribution in [1.29, 1.82) is 0 Å². The zero-order valence-corrected chi connectivity index (χ0v) is 20.3. The van der Waals surface area contributed by atoms with Gasteiger partial charge in [0.05, 0.1) is 13.1 Å². The first-order chi connectivity index (χ1) is 13.0. The average molecular weight is 517 g/mol. The van der Waals surface area contributed by atoms with Crippen molar-refractivity contribution in [3.05, 3.63) is 46.3 Å². The van der Waals surface area contributed by atoms with E-state index in [0.29, 0.717) is 19.0 Å². The third-order valence-corrected chi connectivity index (χ3v) is 5.44. The molecular formula is C20H32IN5OS. The Morgan fingerprint density at radius 2 is 1.96 bits per heavy atom. The molecule has 0 aromatic carbocycles. The number of hydrogen-bond acceptors (Lipinski definition) is 5. The van der Waals surface area contributed by atoms with Crippen molar-refractivity contribution in [2.24, 2.45) is 4.99 Å². The molecule has 8 heteroatoms. The Morgan fingerprint density at radius 1 is 1.21 bits per heavy atom. The number of aromatic nitrogens is 1. The van der Waals surface area contributed by atoms with Crippen LogP contribution in [0.25, 0.3) is 0 Å². The number of rotatable bonds is 9. The van der Waals surface area contributed by atoms with E-state index >= 15 is 0 Å². The van der Waals surface area contributed by atoms with Crippen molar-refractivity contribution in [3.63, 3.8) is 0 Å². The van der Waals surface area contributed by atoms with E-state index in [1.165, 1.54) is 0 Å². The number of nitrogens with zero attached hydrogens (tertiary/aromatic N) is 3. The Labute approximate surface area is 189 Å². The molecule has 0 radical (unpaired) electrons. The fourth-order valence-corrected chi connectivity index (χ4v) is 3.47. The molecule has 0 fully saturated rings. The molecule has 0 saturated heterocycles. The Hall–Kier alpha value is -1.39. The molecule has 0 saturated carbocycles. The Morgan fingerprint density at radius 3 is 2.50 bits per heavy atom. The highest BCUT2D eigenvalue weighted by Crippen LogP contribution is 2.24. The van der Waals surface area contributed by atoms with Crippen molar-refractivity contribution >= 4 is 47.1 Å². The molecule has 2 heterocycles. The summed E-state index contributed by atoms with van der Waals surface area (Å²) in [5, 5.41) is 19.1. The average Bonchev–Trinajstić information content (AvgIpc) is 3.22. The maximum atomic E-state index is 10.7. The summed E-state index contributed by atoms with van der Waals surface area (Å²) in [6, 6.07) is 8.00. The quantitative estimate of drug-likeness (QED) is 0.270. The molecule has 0 aliphatic heterocycles. The largest absolute Gasteiger partial charge is 0.383 e. The molecule has 6 nitrogen and oxygen atoms in total. The third-order valence-electron chi connectivity index (χ3n) is 4.31. The normalized spacial score (nSPS) is 13.4. The van der Waals surface area contributed by atoms with Gasteiger partial charge in [-0.15, -0.1) is 35.3 Å². The van der Waals surface area contributed by atoms with E-state index in [-0.39, 0.29) is 24.0 Å². The van der Waals surface area contributed by atoms with Gasteiger partial charge in [-0.05, 0) is 50.8 Å². The molecule has 0 aliphatic carbocycles. The number of guanidine groups is 1. The lowest BCUT2D eigenvalue weighted by Crippen LogP contribution is -2.44. The van der Waals surface area contributed by atoms with Crippen LogP contribution in [0.1, 0.15) is 38.1 Å². The number of nitrogens with one attached hydrogen (secondary N) is 2. The SMILES string of the molecule is CCNC(=NCc1ccc(N(CC)CC)nc1)NCC(C)(O)c1cccs1.I.